The molecule has 0 spiro atoms. The largest absolute Gasteiger partial charge is 0.493 e. The van der Waals surface area contributed by atoms with Gasteiger partial charge in [-0.1, -0.05) is 65.8 Å². The molecular weight excluding hydrogens is 717 g/mol. The van der Waals surface area contributed by atoms with Crippen LogP contribution in [0.3, 0.4) is 0 Å². The van der Waals surface area contributed by atoms with Gasteiger partial charge < -0.3 is 33.6 Å². The molecule has 4 aliphatic rings. The lowest BCUT2D eigenvalue weighted by Crippen LogP contribution is -2.50. The topological polar surface area (TPSA) is 93.1 Å². The van der Waals surface area contributed by atoms with Crippen molar-refractivity contribution in [1.82, 2.24) is 9.80 Å². The number of methoxy groups -OCH3 is 2. The highest BCUT2D eigenvalue weighted by atomic mass is 16.5. The molecule has 3 atom stereocenters. The van der Waals surface area contributed by atoms with Crippen LogP contribution in [-0.4, -0.2) is 92.5 Å². The molecule has 0 saturated carbocycles. The summed E-state index contributed by atoms with van der Waals surface area (Å²) in [4.78, 5) is 38.4. The number of ether oxygens (including phenoxy) is 4. The molecule has 2 fully saturated rings. The van der Waals surface area contributed by atoms with Gasteiger partial charge in [-0.05, 0) is 74.8 Å². The van der Waals surface area contributed by atoms with Gasteiger partial charge in [-0.15, -0.1) is 12.8 Å². The van der Waals surface area contributed by atoms with Gasteiger partial charge in [0.2, 0.25) is 0 Å². The van der Waals surface area contributed by atoms with Crippen molar-refractivity contribution in [2.24, 2.45) is 15.8 Å². The maximum atomic E-state index is 14.0. The third-order valence-electron chi connectivity index (χ3n) is 12.3. The van der Waals surface area contributed by atoms with Crippen LogP contribution in [0, 0.1) is 23.7 Å². The minimum Gasteiger partial charge on any atom is -0.493 e. The van der Waals surface area contributed by atoms with Gasteiger partial charge in [-0.3, -0.25) is 14.6 Å². The Morgan fingerprint density at radius 1 is 0.789 bits per heavy atom. The predicted molar refractivity (Wildman–Crippen MR) is 230 cm³/mol. The van der Waals surface area contributed by atoms with Crippen LogP contribution in [0.2, 0.25) is 0 Å². The zero-order chi connectivity index (χ0) is 41.8. The number of fused-ring (bicyclic) bond motifs is 4. The molecule has 57 heavy (non-hydrogen) atoms. The minimum atomic E-state index is -0.138. The Labute approximate surface area is 341 Å². The van der Waals surface area contributed by atoms with Crippen molar-refractivity contribution in [2.45, 2.75) is 118 Å². The van der Waals surface area contributed by atoms with E-state index >= 15 is 0 Å². The standard InChI is InChI=1S/C45H62N4O6.C2H2/c1-12-31(13-2)49-30(5)36-19-29(4)26-48(36)43(51)34-21-39(53-11)41(23-37(34)49)54-17-16-44(6,7)14-15-45(8,9)27-55-40-22-35-33(20-38(40)52-10)42(50)47-25-28(3)18-32(47)24-46-35;1-2/h20-24,30-32,36H,3-4,12-19,25-27H2,1-2,5-11H3;1-2H/t30?,32?,36-;/m0./s1. The van der Waals surface area contributed by atoms with E-state index in [4.69, 9.17) is 18.9 Å². The molecule has 10 heteroatoms. The zero-order valence-electron chi connectivity index (χ0n) is 35.8. The number of amides is 2. The van der Waals surface area contributed by atoms with E-state index in [0.717, 1.165) is 61.8 Å². The van der Waals surface area contributed by atoms with Crippen LogP contribution in [0.5, 0.6) is 23.0 Å². The first kappa shape index (κ1) is 43.2. The Bertz CT molecular complexity index is 1890. The maximum absolute atomic E-state index is 14.0. The third-order valence-corrected chi connectivity index (χ3v) is 12.3. The number of hydrogen-bond acceptors (Lipinski definition) is 8. The van der Waals surface area contributed by atoms with Gasteiger partial charge in [-0.25, -0.2) is 0 Å². The van der Waals surface area contributed by atoms with Crippen molar-refractivity contribution in [3.05, 3.63) is 59.7 Å². The number of benzene rings is 2. The molecule has 2 saturated heterocycles. The smallest absolute Gasteiger partial charge is 0.257 e. The molecule has 0 aromatic heterocycles. The average Bonchev–Trinajstić information content (AvgIpc) is 3.73. The Balaban J connectivity index is 0.00000305. The van der Waals surface area contributed by atoms with Crippen LogP contribution in [-0.2, 0) is 0 Å². The molecule has 0 aliphatic carbocycles. The fourth-order valence-corrected chi connectivity index (χ4v) is 8.65. The normalized spacial score (nSPS) is 20.3. The first-order chi connectivity index (χ1) is 27.1. The summed E-state index contributed by atoms with van der Waals surface area (Å²) in [6.07, 6.45) is 16.1. The second kappa shape index (κ2) is 17.7. The van der Waals surface area contributed by atoms with Gasteiger partial charge in [0, 0.05) is 43.5 Å². The monoisotopic (exact) mass is 780 g/mol. The van der Waals surface area contributed by atoms with E-state index in [2.05, 4.69) is 84.4 Å². The van der Waals surface area contributed by atoms with Crippen molar-refractivity contribution in [3.8, 4) is 35.8 Å². The SMILES string of the molecule is C#C.C=C1CC2C=Nc3cc(OCC(C)(C)CCC(C)(C)CCOc4cc5c(cc4OC)C(=O)N4CC(=C)C[C@H]4C(C)N5C(CC)CC)c(OC)cc3C(=O)N2C1. The lowest BCUT2D eigenvalue weighted by atomic mass is 9.78. The van der Waals surface area contributed by atoms with Gasteiger partial charge in [0.25, 0.3) is 11.8 Å². The fraction of sp³-hybridized carbons (Fsp3) is 0.553. The van der Waals surface area contributed by atoms with Crippen LogP contribution < -0.4 is 23.8 Å². The molecule has 4 aliphatic heterocycles. The summed E-state index contributed by atoms with van der Waals surface area (Å²) in [5.41, 5.74) is 4.71. The van der Waals surface area contributed by atoms with Gasteiger partial charge in [-0.2, -0.15) is 0 Å². The summed E-state index contributed by atoms with van der Waals surface area (Å²) in [5, 5.41) is 0. The van der Waals surface area contributed by atoms with Crippen LogP contribution in [0.4, 0.5) is 11.4 Å². The number of carbonyl (C=O) groups excluding carboxylic acids is 2. The first-order valence-electron chi connectivity index (χ1n) is 20.4. The van der Waals surface area contributed by atoms with Gasteiger partial charge in [0.15, 0.2) is 23.0 Å². The van der Waals surface area contributed by atoms with Gasteiger partial charge in [0.1, 0.15) is 0 Å². The third kappa shape index (κ3) is 9.14. The summed E-state index contributed by atoms with van der Waals surface area (Å²) in [5.74, 6) is 2.32. The lowest BCUT2D eigenvalue weighted by molar-refractivity contribution is 0.0730. The molecule has 2 aromatic carbocycles. The highest BCUT2D eigenvalue weighted by Gasteiger charge is 2.44. The average molecular weight is 781 g/mol. The fourth-order valence-electron chi connectivity index (χ4n) is 8.65. The van der Waals surface area contributed by atoms with Crippen LogP contribution in [0.15, 0.2) is 53.6 Å². The zero-order valence-corrected chi connectivity index (χ0v) is 35.8. The van der Waals surface area contributed by atoms with Crippen molar-refractivity contribution < 1.29 is 28.5 Å². The van der Waals surface area contributed by atoms with Crippen LogP contribution in [0.1, 0.15) is 114 Å². The van der Waals surface area contributed by atoms with E-state index in [9.17, 15) is 9.59 Å². The Morgan fingerprint density at radius 2 is 1.37 bits per heavy atom. The minimum absolute atomic E-state index is 0.00904. The van der Waals surface area contributed by atoms with Crippen LogP contribution >= 0.6 is 0 Å². The quantitative estimate of drug-likeness (QED) is 0.131. The number of aliphatic imine (C=N–C) groups is 1. The summed E-state index contributed by atoms with van der Waals surface area (Å²) in [6, 6.07) is 7.95. The molecule has 0 radical (unpaired) electrons. The molecule has 6 rings (SSSR count). The van der Waals surface area contributed by atoms with Crippen LogP contribution in [0.25, 0.3) is 0 Å². The summed E-state index contributed by atoms with van der Waals surface area (Å²) >= 11 is 0. The van der Waals surface area contributed by atoms with E-state index in [0.29, 0.717) is 66.1 Å². The predicted octanol–water partition coefficient (Wildman–Crippen LogP) is 9.29. The summed E-state index contributed by atoms with van der Waals surface area (Å²) in [7, 11) is 3.24. The summed E-state index contributed by atoms with van der Waals surface area (Å²) in [6.45, 7) is 26.1. The molecule has 2 aromatic rings. The highest BCUT2D eigenvalue weighted by Crippen LogP contribution is 2.44. The molecule has 10 nitrogen and oxygen atoms in total. The number of terminal acetylenes is 1. The van der Waals surface area contributed by atoms with Crippen molar-refractivity contribution >= 4 is 29.4 Å². The molecule has 4 heterocycles. The first-order valence-corrected chi connectivity index (χ1v) is 20.4. The van der Waals surface area contributed by atoms with Crippen molar-refractivity contribution in [2.75, 3.05) is 45.4 Å². The molecular formula is C47H64N4O6. The molecule has 2 amide bonds. The Hall–Kier alpha value is -4.91. The van der Waals surface area contributed by atoms with Gasteiger partial charge in [0.05, 0.1) is 62.0 Å². The lowest BCUT2D eigenvalue weighted by Gasteiger charge is -2.40. The highest BCUT2D eigenvalue weighted by molar-refractivity contribution is 6.04. The Kier molecular flexibility index (Phi) is 13.4. The molecule has 0 N–H and O–H groups in total. The van der Waals surface area contributed by atoms with Crippen molar-refractivity contribution in [3.63, 3.8) is 0 Å². The molecule has 308 valence electrons. The van der Waals surface area contributed by atoms with E-state index in [1.165, 1.54) is 0 Å². The number of nitrogens with zero attached hydrogens (tertiary/aromatic N) is 4. The van der Waals surface area contributed by atoms with Crippen molar-refractivity contribution in [1.29, 1.82) is 0 Å². The second-order valence-corrected chi connectivity index (χ2v) is 17.6. The number of hydrogen-bond donors (Lipinski definition) is 0. The van der Waals surface area contributed by atoms with E-state index in [-0.39, 0.29) is 46.8 Å². The number of carbonyl (C=O) groups is 2. The Morgan fingerprint density at radius 3 is 2.02 bits per heavy atom. The van der Waals surface area contributed by atoms with E-state index in [1.807, 2.05) is 34.2 Å². The summed E-state index contributed by atoms with van der Waals surface area (Å²) < 4.78 is 24.5. The van der Waals surface area contributed by atoms with E-state index in [1.54, 1.807) is 20.3 Å². The van der Waals surface area contributed by atoms with Gasteiger partial charge >= 0.3 is 0 Å². The van der Waals surface area contributed by atoms with E-state index < -0.39 is 0 Å². The maximum Gasteiger partial charge on any atom is 0.257 e. The molecule has 2 unspecified atom stereocenters. The number of rotatable bonds is 15. The molecule has 0 bridgehead atoms. The number of anilines is 1. The second-order valence-electron chi connectivity index (χ2n) is 17.6.